The van der Waals surface area contributed by atoms with Gasteiger partial charge in [-0.05, 0) is 50.8 Å². The van der Waals surface area contributed by atoms with Gasteiger partial charge in [-0.3, -0.25) is 4.79 Å². The summed E-state index contributed by atoms with van der Waals surface area (Å²) >= 11 is 0. The van der Waals surface area contributed by atoms with Gasteiger partial charge in [-0.2, -0.15) is 4.58 Å². The monoisotopic (exact) mass is 552 g/mol. The van der Waals surface area contributed by atoms with E-state index in [1.807, 2.05) is 0 Å². The average Bonchev–Trinajstić information content (AvgIpc) is 3.29. The number of unbranched alkanes of at least 4 members (excludes halogenated alkanes) is 4. The number of nitrogens with zero attached hydrogens (tertiary/aromatic N) is 2. The first-order valence-electron chi connectivity index (χ1n) is 15.6. The molecule has 1 N–H and O–H groups in total. The third kappa shape index (κ3) is 6.74. The van der Waals surface area contributed by atoms with Crippen LogP contribution in [0, 0.1) is 0 Å². The topological polar surface area (TPSA) is 35.4 Å². The van der Waals surface area contributed by atoms with Gasteiger partial charge in [0.1, 0.15) is 7.05 Å². The lowest BCUT2D eigenvalue weighted by Gasteiger charge is -2.27. The van der Waals surface area contributed by atoms with Crippen molar-refractivity contribution in [2.45, 2.75) is 90.4 Å². The minimum Gasteiger partial charge on any atom is -0.356 e. The summed E-state index contributed by atoms with van der Waals surface area (Å²) in [6.07, 6.45) is 18.2. The van der Waals surface area contributed by atoms with E-state index in [9.17, 15) is 4.79 Å². The van der Waals surface area contributed by atoms with E-state index in [4.69, 9.17) is 0 Å². The number of amides is 1. The number of carbonyl (C=O) groups is 1. The zero-order valence-electron chi connectivity index (χ0n) is 26.2. The van der Waals surface area contributed by atoms with Crippen LogP contribution in [0.5, 0.6) is 0 Å². The van der Waals surface area contributed by atoms with E-state index in [2.05, 4.69) is 135 Å². The molecule has 4 nitrogen and oxygen atoms in total. The molecular weight excluding hydrogens is 502 g/mol. The Labute approximate surface area is 248 Å². The molecule has 0 atom stereocenters. The number of rotatable bonds is 13. The molecule has 4 rings (SSSR count). The number of nitrogens with one attached hydrogen (secondary N) is 1. The fourth-order valence-electron chi connectivity index (χ4n) is 6.46. The Bertz CT molecular complexity index is 1340. The predicted octanol–water partition coefficient (Wildman–Crippen LogP) is 8.35. The van der Waals surface area contributed by atoms with Crippen molar-refractivity contribution in [3.8, 4) is 0 Å². The van der Waals surface area contributed by atoms with Crippen LogP contribution in [0.3, 0.4) is 0 Å². The van der Waals surface area contributed by atoms with Crippen LogP contribution in [0.15, 0.2) is 84.6 Å². The van der Waals surface area contributed by atoms with Crippen molar-refractivity contribution < 1.29 is 9.37 Å². The van der Waals surface area contributed by atoms with Crippen LogP contribution in [0.2, 0.25) is 0 Å². The smallest absolute Gasteiger partial charge is 0.219 e. The van der Waals surface area contributed by atoms with Gasteiger partial charge in [0.15, 0.2) is 5.71 Å². The highest BCUT2D eigenvalue weighted by Gasteiger charge is 2.42. The highest BCUT2D eigenvalue weighted by molar-refractivity contribution is 6.03. The van der Waals surface area contributed by atoms with E-state index in [-0.39, 0.29) is 16.7 Å². The zero-order valence-corrected chi connectivity index (χ0v) is 26.2. The number of carbonyl (C=O) groups excluding carboxylic acids is 1. The third-order valence-electron chi connectivity index (χ3n) is 8.86. The Morgan fingerprint density at radius 2 is 1.59 bits per heavy atom. The van der Waals surface area contributed by atoms with Gasteiger partial charge in [0.2, 0.25) is 11.6 Å². The minimum absolute atomic E-state index is 0.0181. The Balaban J connectivity index is 1.40. The van der Waals surface area contributed by atoms with Crippen molar-refractivity contribution in [1.29, 1.82) is 0 Å². The number of anilines is 1. The van der Waals surface area contributed by atoms with Crippen molar-refractivity contribution in [2.24, 2.45) is 0 Å². The summed E-state index contributed by atoms with van der Waals surface area (Å²) in [5, 5.41) is 3.07. The first-order chi connectivity index (χ1) is 19.7. The molecule has 2 aromatic carbocycles. The van der Waals surface area contributed by atoms with Gasteiger partial charge in [0, 0.05) is 54.0 Å². The summed E-state index contributed by atoms with van der Waals surface area (Å²) in [5.41, 5.74) is 7.91. The molecule has 218 valence electrons. The molecule has 0 saturated carbocycles. The highest BCUT2D eigenvalue weighted by atomic mass is 16.1. The largest absolute Gasteiger partial charge is 0.356 e. The van der Waals surface area contributed by atoms with Gasteiger partial charge < -0.3 is 10.2 Å². The van der Waals surface area contributed by atoms with Crippen LogP contribution in [0.4, 0.5) is 11.4 Å². The summed E-state index contributed by atoms with van der Waals surface area (Å²) in [5.74, 6) is 0.196. The summed E-state index contributed by atoms with van der Waals surface area (Å²) in [7, 11) is 2.16. The lowest BCUT2D eigenvalue weighted by atomic mass is 9.81. The van der Waals surface area contributed by atoms with Crippen molar-refractivity contribution in [3.63, 3.8) is 0 Å². The van der Waals surface area contributed by atoms with E-state index < -0.39 is 0 Å². The number of para-hydroxylation sites is 2. The van der Waals surface area contributed by atoms with Crippen LogP contribution in [0.25, 0.3) is 0 Å². The number of benzene rings is 2. The zero-order chi connectivity index (χ0) is 29.5. The van der Waals surface area contributed by atoms with E-state index in [0.29, 0.717) is 6.42 Å². The van der Waals surface area contributed by atoms with E-state index in [1.54, 1.807) is 0 Å². The fourth-order valence-corrected chi connectivity index (χ4v) is 6.46. The molecule has 0 aromatic heterocycles. The molecule has 0 bridgehead atoms. The Morgan fingerprint density at radius 1 is 0.854 bits per heavy atom. The second-order valence-corrected chi connectivity index (χ2v) is 12.5. The fraction of sp³-hybridized carbons (Fsp3) is 0.459. The minimum atomic E-state index is -0.0624. The molecule has 2 heterocycles. The third-order valence-corrected chi connectivity index (χ3v) is 8.86. The van der Waals surface area contributed by atoms with Crippen LogP contribution in [0.1, 0.15) is 90.7 Å². The summed E-state index contributed by atoms with van der Waals surface area (Å²) in [6, 6.07) is 17.5. The normalized spacial score (nSPS) is 18.1. The van der Waals surface area contributed by atoms with Gasteiger partial charge in [-0.15, -0.1) is 0 Å². The number of hydrogen-bond donors (Lipinski definition) is 1. The number of fused-ring (bicyclic) bond motifs is 2. The Morgan fingerprint density at radius 3 is 2.34 bits per heavy atom. The first kappa shape index (κ1) is 30.6. The molecule has 2 aliphatic heterocycles. The second-order valence-electron chi connectivity index (χ2n) is 12.5. The maximum Gasteiger partial charge on any atom is 0.219 e. The SMILES string of the molecule is CCCCCNC(=O)CCCCCN1C(=CC=CC=CC2=[N+](C)c3ccccc3C2(C)C)C(C)(C)c2ccccc21. The lowest BCUT2D eigenvalue weighted by Crippen LogP contribution is -2.27. The van der Waals surface area contributed by atoms with Gasteiger partial charge in [0.05, 0.1) is 5.41 Å². The van der Waals surface area contributed by atoms with Crippen LogP contribution in [-0.2, 0) is 15.6 Å². The van der Waals surface area contributed by atoms with Gasteiger partial charge >= 0.3 is 0 Å². The Hall–Kier alpha value is -3.40. The second kappa shape index (κ2) is 13.5. The maximum absolute atomic E-state index is 12.1. The van der Waals surface area contributed by atoms with Gasteiger partial charge in [-0.1, -0.05) is 94.7 Å². The number of hydrogen-bond acceptors (Lipinski definition) is 2. The molecular formula is C37H50N3O+. The van der Waals surface area contributed by atoms with Crippen molar-refractivity contribution in [3.05, 3.63) is 95.7 Å². The molecule has 41 heavy (non-hydrogen) atoms. The quantitative estimate of drug-likeness (QED) is 0.154. The molecule has 0 unspecified atom stereocenters. The molecule has 0 radical (unpaired) electrons. The van der Waals surface area contributed by atoms with Gasteiger partial charge in [0.25, 0.3) is 0 Å². The molecule has 1 amide bonds. The number of allylic oxidation sites excluding steroid dienone is 6. The molecule has 0 saturated heterocycles. The van der Waals surface area contributed by atoms with Crippen molar-refractivity contribution >= 4 is 23.0 Å². The molecule has 0 spiro atoms. The molecule has 0 aliphatic carbocycles. The summed E-state index contributed by atoms with van der Waals surface area (Å²) in [6.45, 7) is 13.2. The highest BCUT2D eigenvalue weighted by Crippen LogP contribution is 2.47. The predicted molar refractivity (Wildman–Crippen MR) is 174 cm³/mol. The standard InChI is InChI=1S/C37H49N3O/c1-7-8-18-27-38-35(41)26-13-10-19-28-40-32-23-17-15-21-30(32)37(4,5)34(40)25-12-9-11-24-33-36(2,3)29-20-14-16-22-31(29)39(33)6/h9,11-12,14-17,20-25H,7-8,10,13,18-19,26-28H2,1-6H3/p+1. The lowest BCUT2D eigenvalue weighted by molar-refractivity contribution is -0.401. The Kier molecular flexibility index (Phi) is 10.1. The molecule has 2 aliphatic rings. The molecule has 2 aromatic rings. The summed E-state index contributed by atoms with van der Waals surface area (Å²) in [4.78, 5) is 14.6. The van der Waals surface area contributed by atoms with Crippen molar-refractivity contribution in [1.82, 2.24) is 5.32 Å². The van der Waals surface area contributed by atoms with Gasteiger partial charge in [-0.25, -0.2) is 0 Å². The van der Waals surface area contributed by atoms with E-state index >= 15 is 0 Å². The van der Waals surface area contributed by atoms with Crippen LogP contribution < -0.4 is 10.2 Å². The maximum atomic E-state index is 12.1. The molecule has 4 heteroatoms. The van der Waals surface area contributed by atoms with E-state index in [0.717, 1.165) is 38.8 Å². The first-order valence-corrected chi connectivity index (χ1v) is 15.6. The van der Waals surface area contributed by atoms with Crippen LogP contribution in [-0.4, -0.2) is 36.3 Å². The van der Waals surface area contributed by atoms with E-state index in [1.165, 1.54) is 46.8 Å². The van der Waals surface area contributed by atoms with Crippen LogP contribution >= 0.6 is 0 Å². The summed E-state index contributed by atoms with van der Waals surface area (Å²) < 4.78 is 2.31. The average molecular weight is 553 g/mol. The van der Waals surface area contributed by atoms with Crippen molar-refractivity contribution in [2.75, 3.05) is 25.0 Å². The molecule has 0 fully saturated rings.